The molecule has 0 unspecified atom stereocenters. The zero-order valence-electron chi connectivity index (χ0n) is 12.0. The number of aromatic nitrogens is 2. The van der Waals surface area contributed by atoms with E-state index in [4.69, 9.17) is 9.94 Å². The van der Waals surface area contributed by atoms with Crippen molar-refractivity contribution in [2.75, 3.05) is 6.61 Å². The van der Waals surface area contributed by atoms with E-state index in [1.165, 1.54) is 0 Å². The van der Waals surface area contributed by atoms with Gasteiger partial charge in [-0.1, -0.05) is 11.2 Å². The van der Waals surface area contributed by atoms with Gasteiger partial charge in [0.25, 0.3) is 0 Å². The quantitative estimate of drug-likeness (QED) is 0.517. The van der Waals surface area contributed by atoms with Crippen molar-refractivity contribution in [3.8, 4) is 5.75 Å². The van der Waals surface area contributed by atoms with E-state index in [1.54, 1.807) is 13.1 Å². The van der Waals surface area contributed by atoms with Crippen LogP contribution in [0.5, 0.6) is 5.75 Å². The summed E-state index contributed by atoms with van der Waals surface area (Å²) < 4.78 is 7.67. The summed E-state index contributed by atoms with van der Waals surface area (Å²) in [5.41, 5.74) is 3.57. The van der Waals surface area contributed by atoms with Gasteiger partial charge in [0.1, 0.15) is 5.75 Å². The van der Waals surface area contributed by atoms with Crippen molar-refractivity contribution in [2.45, 2.75) is 20.3 Å². The van der Waals surface area contributed by atoms with Crippen molar-refractivity contribution in [1.29, 1.82) is 0 Å². The van der Waals surface area contributed by atoms with Crippen LogP contribution in [-0.2, 0) is 13.5 Å². The number of aryl methyl sites for hydroxylation is 2. The summed E-state index contributed by atoms with van der Waals surface area (Å²) in [7, 11) is 1.91. The van der Waals surface area contributed by atoms with Gasteiger partial charge in [-0.3, -0.25) is 4.68 Å². The maximum Gasteiger partial charge on any atom is 0.128 e. The van der Waals surface area contributed by atoms with E-state index in [-0.39, 0.29) is 0 Å². The number of nitrogens with zero attached hydrogens (tertiary/aromatic N) is 3. The number of oxime groups is 1. The van der Waals surface area contributed by atoms with E-state index in [2.05, 4.69) is 10.3 Å². The molecule has 5 nitrogen and oxygen atoms in total. The number of hydrogen-bond donors (Lipinski definition) is 1. The minimum absolute atomic E-state index is 0.542. The Hall–Kier alpha value is -2.30. The van der Waals surface area contributed by atoms with E-state index in [0.29, 0.717) is 12.3 Å². The van der Waals surface area contributed by atoms with Gasteiger partial charge in [0.15, 0.2) is 0 Å². The van der Waals surface area contributed by atoms with Crippen LogP contribution in [0.2, 0.25) is 0 Å². The molecule has 1 aromatic heterocycles. The molecule has 0 spiro atoms. The molecule has 106 valence electrons. The lowest BCUT2D eigenvalue weighted by molar-refractivity contribution is 0.312. The van der Waals surface area contributed by atoms with E-state index in [0.717, 1.165) is 29.0 Å². The van der Waals surface area contributed by atoms with Crippen LogP contribution in [0, 0.1) is 6.92 Å². The number of hydrogen-bond acceptors (Lipinski definition) is 4. The van der Waals surface area contributed by atoms with Crippen LogP contribution < -0.4 is 4.74 Å². The Morgan fingerprint density at radius 2 is 2.20 bits per heavy atom. The molecule has 0 aliphatic carbocycles. The second-order valence-corrected chi connectivity index (χ2v) is 4.73. The van der Waals surface area contributed by atoms with E-state index >= 15 is 0 Å². The maximum absolute atomic E-state index is 8.91. The van der Waals surface area contributed by atoms with Crippen molar-refractivity contribution in [2.24, 2.45) is 12.2 Å². The summed E-state index contributed by atoms with van der Waals surface area (Å²) in [6, 6.07) is 7.80. The minimum atomic E-state index is 0.542. The molecule has 0 aliphatic heterocycles. The van der Waals surface area contributed by atoms with Gasteiger partial charge in [0.2, 0.25) is 0 Å². The molecule has 20 heavy (non-hydrogen) atoms. The van der Waals surface area contributed by atoms with Gasteiger partial charge >= 0.3 is 0 Å². The highest BCUT2D eigenvalue weighted by Crippen LogP contribution is 2.21. The normalized spacial score (nSPS) is 11.7. The third-order valence-electron chi connectivity index (χ3n) is 3.22. The van der Waals surface area contributed by atoms with Crippen molar-refractivity contribution < 1.29 is 9.94 Å². The molecule has 0 aliphatic rings. The number of benzene rings is 1. The minimum Gasteiger partial charge on any atom is -0.492 e. The molecule has 2 aromatic rings. The highest BCUT2D eigenvalue weighted by molar-refractivity contribution is 6.00. The molecule has 1 aromatic carbocycles. The first kappa shape index (κ1) is 14.1. The van der Waals surface area contributed by atoms with Gasteiger partial charge in [-0.2, -0.15) is 5.10 Å². The highest BCUT2D eigenvalue weighted by atomic mass is 16.5. The van der Waals surface area contributed by atoms with Crippen molar-refractivity contribution in [1.82, 2.24) is 9.78 Å². The van der Waals surface area contributed by atoms with Crippen LogP contribution in [0.4, 0.5) is 0 Å². The Kier molecular flexibility index (Phi) is 4.40. The number of rotatable bonds is 5. The fourth-order valence-electron chi connectivity index (χ4n) is 2.01. The van der Waals surface area contributed by atoms with Crippen molar-refractivity contribution >= 4 is 5.71 Å². The molecule has 1 N–H and O–H groups in total. The fourth-order valence-corrected chi connectivity index (χ4v) is 2.01. The largest absolute Gasteiger partial charge is 0.492 e. The van der Waals surface area contributed by atoms with E-state index < -0.39 is 0 Å². The third kappa shape index (κ3) is 3.17. The first-order valence-electron chi connectivity index (χ1n) is 6.51. The summed E-state index contributed by atoms with van der Waals surface area (Å²) in [5.74, 6) is 0.738. The van der Waals surface area contributed by atoms with Crippen LogP contribution >= 0.6 is 0 Å². The summed E-state index contributed by atoms with van der Waals surface area (Å²) >= 11 is 0. The summed E-state index contributed by atoms with van der Waals surface area (Å²) in [6.45, 7) is 4.30. The highest BCUT2D eigenvalue weighted by Gasteiger charge is 2.08. The summed E-state index contributed by atoms with van der Waals surface area (Å²) in [4.78, 5) is 0. The summed E-state index contributed by atoms with van der Waals surface area (Å²) in [5, 5.41) is 16.3. The Morgan fingerprint density at radius 1 is 1.40 bits per heavy atom. The smallest absolute Gasteiger partial charge is 0.128 e. The van der Waals surface area contributed by atoms with Crippen LogP contribution in [0.3, 0.4) is 0 Å². The Bertz CT molecular complexity index is 617. The maximum atomic E-state index is 8.91. The fraction of sp³-hybridized carbons (Fsp3) is 0.333. The molecular weight excluding hydrogens is 254 g/mol. The predicted octanol–water partition coefficient (Wildman–Crippen LogP) is 2.55. The summed E-state index contributed by atoms with van der Waals surface area (Å²) in [6.07, 6.45) is 2.55. The van der Waals surface area contributed by atoms with Gasteiger partial charge < -0.3 is 9.94 Å². The topological polar surface area (TPSA) is 59.6 Å². The zero-order chi connectivity index (χ0) is 14.5. The molecule has 5 heteroatoms. The lowest BCUT2D eigenvalue weighted by Gasteiger charge is -2.12. The van der Waals surface area contributed by atoms with Crippen LogP contribution in [0.25, 0.3) is 0 Å². The average molecular weight is 273 g/mol. The second-order valence-electron chi connectivity index (χ2n) is 4.73. The Morgan fingerprint density at radius 3 is 2.85 bits per heavy atom. The monoisotopic (exact) mass is 273 g/mol. The van der Waals surface area contributed by atoms with Gasteiger partial charge in [-0.15, -0.1) is 0 Å². The predicted molar refractivity (Wildman–Crippen MR) is 77.6 cm³/mol. The molecule has 0 saturated carbocycles. The van der Waals surface area contributed by atoms with Gasteiger partial charge in [0, 0.05) is 30.9 Å². The van der Waals surface area contributed by atoms with Gasteiger partial charge in [-0.05, 0) is 37.6 Å². The molecule has 0 atom stereocenters. The number of ether oxygens (including phenoxy) is 1. The lowest BCUT2D eigenvalue weighted by atomic mass is 10.1. The molecule has 0 radical (unpaired) electrons. The standard InChI is InChI=1S/C15H19N3O2/c1-11-4-5-14(12(2)17-19)15(10-11)20-9-7-13-6-8-16-18(13)3/h4-6,8,10,19H,7,9H2,1-3H3/b17-12-. The molecular formula is C15H19N3O2. The van der Waals surface area contributed by atoms with Crippen molar-refractivity contribution in [3.63, 3.8) is 0 Å². The van der Waals surface area contributed by atoms with Crippen LogP contribution in [0.15, 0.2) is 35.6 Å². The van der Waals surface area contributed by atoms with Crippen molar-refractivity contribution in [3.05, 3.63) is 47.3 Å². The molecule has 0 bridgehead atoms. The third-order valence-corrected chi connectivity index (χ3v) is 3.22. The van der Waals surface area contributed by atoms with E-state index in [1.807, 2.05) is 42.9 Å². The molecule has 0 amide bonds. The molecule has 1 heterocycles. The van der Waals surface area contributed by atoms with E-state index in [9.17, 15) is 0 Å². The average Bonchev–Trinajstić information content (AvgIpc) is 2.84. The molecule has 2 rings (SSSR count). The second kappa shape index (κ2) is 6.23. The van der Waals surface area contributed by atoms with Gasteiger partial charge in [0.05, 0.1) is 12.3 Å². The van der Waals surface area contributed by atoms with Crippen LogP contribution in [-0.4, -0.2) is 27.3 Å². The first-order valence-corrected chi connectivity index (χ1v) is 6.51. The Balaban J connectivity index is 2.09. The first-order chi connectivity index (χ1) is 9.61. The molecule has 0 saturated heterocycles. The lowest BCUT2D eigenvalue weighted by Crippen LogP contribution is -2.08. The zero-order valence-corrected chi connectivity index (χ0v) is 12.0. The van der Waals surface area contributed by atoms with Crippen LogP contribution in [0.1, 0.15) is 23.7 Å². The SMILES string of the molecule is C/C(=N/O)c1ccc(C)cc1OCCc1ccnn1C. The molecule has 0 fully saturated rings. The van der Waals surface area contributed by atoms with Gasteiger partial charge in [-0.25, -0.2) is 0 Å². The Labute approximate surface area is 118 Å².